The number of hydrogen-bond donors (Lipinski definition) is 2. The molecule has 1 saturated carbocycles. The first kappa shape index (κ1) is 27.0. The lowest BCUT2D eigenvalue weighted by atomic mass is 9.84. The molecule has 6 heteroatoms. The van der Waals surface area contributed by atoms with E-state index in [4.69, 9.17) is 0 Å². The molecule has 2 N–H and O–H groups in total. The molecule has 0 radical (unpaired) electrons. The average molecular weight is 517 g/mol. The highest BCUT2D eigenvalue weighted by atomic mass is 35.5. The van der Waals surface area contributed by atoms with Gasteiger partial charge in [-0.15, -0.1) is 12.4 Å². The molecule has 2 aliphatic rings. The van der Waals surface area contributed by atoms with Gasteiger partial charge in [-0.25, -0.2) is 0 Å². The Balaban J connectivity index is 0.00000320. The molecule has 37 heavy (non-hydrogen) atoms. The van der Waals surface area contributed by atoms with Crippen LogP contribution in [-0.4, -0.2) is 41.5 Å². The minimum Gasteiger partial charge on any atom is -0.359 e. The van der Waals surface area contributed by atoms with Crippen LogP contribution in [0.15, 0.2) is 48.5 Å². The summed E-state index contributed by atoms with van der Waals surface area (Å²) in [7, 11) is 0. The van der Waals surface area contributed by atoms with Gasteiger partial charge in [0, 0.05) is 36.4 Å². The number of rotatable bonds is 6. The van der Waals surface area contributed by atoms with Gasteiger partial charge in [-0.2, -0.15) is 5.26 Å². The van der Waals surface area contributed by atoms with Crippen LogP contribution in [0.1, 0.15) is 60.1 Å². The minimum absolute atomic E-state index is 0. The number of hydrogen-bond acceptors (Lipinski definition) is 3. The molecule has 0 saturated heterocycles. The summed E-state index contributed by atoms with van der Waals surface area (Å²) >= 11 is 0. The maximum Gasteiger partial charge on any atom is 0.244 e. The third kappa shape index (κ3) is 7.03. The van der Waals surface area contributed by atoms with Crippen molar-refractivity contribution in [2.45, 2.75) is 57.9 Å². The Morgan fingerprint density at radius 3 is 2.65 bits per heavy atom. The summed E-state index contributed by atoms with van der Waals surface area (Å²) in [5.41, 5.74) is 6.81. The number of carbonyl (C=O) groups excluding carboxylic acids is 1. The molecule has 1 aliphatic carbocycles. The van der Waals surface area contributed by atoms with Crippen LogP contribution in [0.2, 0.25) is 0 Å². The van der Waals surface area contributed by atoms with Gasteiger partial charge < -0.3 is 15.2 Å². The van der Waals surface area contributed by atoms with Crippen molar-refractivity contribution >= 4 is 35.3 Å². The van der Waals surface area contributed by atoms with E-state index < -0.39 is 0 Å². The number of aromatic amines is 1. The second kappa shape index (κ2) is 12.4. The molecule has 2 heterocycles. The lowest BCUT2D eigenvalue weighted by Gasteiger charge is -2.30. The van der Waals surface area contributed by atoms with Crippen LogP contribution in [0.3, 0.4) is 0 Å². The lowest BCUT2D eigenvalue weighted by molar-refractivity contribution is -0.117. The summed E-state index contributed by atoms with van der Waals surface area (Å²) in [5, 5.41) is 13.6. The lowest BCUT2D eigenvalue weighted by Crippen LogP contribution is -2.37. The Hall–Kier alpha value is -3.07. The van der Waals surface area contributed by atoms with Gasteiger partial charge in [0.25, 0.3) is 0 Å². The Morgan fingerprint density at radius 2 is 1.86 bits per heavy atom. The molecule has 0 bridgehead atoms. The van der Waals surface area contributed by atoms with Crippen molar-refractivity contribution in [2.75, 3.05) is 19.6 Å². The van der Waals surface area contributed by atoms with E-state index in [1.807, 2.05) is 12.1 Å². The fraction of sp³-hybridized carbons (Fsp3) is 0.419. The SMILES string of the molecule is Cc1cc2ccc(/C=C/C(=O)NC3CCC(CCN4CCc5ccc(C#N)cc5CC4)CC3)cc2[nH]1.Cl. The average Bonchev–Trinajstić information content (AvgIpc) is 3.14. The van der Waals surface area contributed by atoms with Crippen molar-refractivity contribution in [1.29, 1.82) is 5.26 Å². The van der Waals surface area contributed by atoms with Crippen LogP contribution in [0.25, 0.3) is 17.0 Å². The highest BCUT2D eigenvalue weighted by Crippen LogP contribution is 2.28. The van der Waals surface area contributed by atoms with E-state index >= 15 is 0 Å². The van der Waals surface area contributed by atoms with Gasteiger partial charge in [-0.1, -0.05) is 18.2 Å². The largest absolute Gasteiger partial charge is 0.359 e. The second-order valence-electron chi connectivity index (χ2n) is 10.6. The second-order valence-corrected chi connectivity index (χ2v) is 10.6. The summed E-state index contributed by atoms with van der Waals surface area (Å²) in [6.07, 6.45) is 11.4. The van der Waals surface area contributed by atoms with E-state index in [0.717, 1.165) is 73.6 Å². The van der Waals surface area contributed by atoms with E-state index in [1.165, 1.54) is 35.8 Å². The molecule has 1 amide bonds. The van der Waals surface area contributed by atoms with Gasteiger partial charge in [0.05, 0.1) is 11.6 Å². The summed E-state index contributed by atoms with van der Waals surface area (Å²) in [6, 6.07) is 17.1. The minimum atomic E-state index is 0. The van der Waals surface area contributed by atoms with Crippen LogP contribution >= 0.6 is 12.4 Å². The van der Waals surface area contributed by atoms with Crippen LogP contribution in [0.5, 0.6) is 0 Å². The zero-order valence-electron chi connectivity index (χ0n) is 21.6. The fourth-order valence-electron chi connectivity index (χ4n) is 5.84. The Morgan fingerprint density at radius 1 is 1.08 bits per heavy atom. The Labute approximate surface area is 226 Å². The number of amides is 1. The van der Waals surface area contributed by atoms with E-state index in [9.17, 15) is 10.1 Å². The number of nitrogens with one attached hydrogen (secondary N) is 2. The molecule has 0 atom stereocenters. The molecule has 3 aromatic rings. The van der Waals surface area contributed by atoms with Gasteiger partial charge >= 0.3 is 0 Å². The monoisotopic (exact) mass is 516 g/mol. The first-order valence-corrected chi connectivity index (χ1v) is 13.4. The standard InChI is InChI=1S/C31H36N4O.ClH/c1-22-18-28-8-2-24(20-30(28)33-22)6-11-31(36)34-29-9-4-23(5-10-29)12-15-35-16-13-26-7-3-25(21-32)19-27(26)14-17-35;/h2-3,6-8,11,18-20,23,29,33H,4-5,9-10,12-17H2,1H3,(H,34,36);1H/b11-6+;. The predicted octanol–water partition coefficient (Wildman–Crippen LogP) is 5.95. The van der Waals surface area contributed by atoms with E-state index in [-0.39, 0.29) is 24.4 Å². The highest BCUT2D eigenvalue weighted by Gasteiger charge is 2.23. The van der Waals surface area contributed by atoms with Crippen molar-refractivity contribution in [3.63, 3.8) is 0 Å². The number of H-pyrrole nitrogens is 1. The first-order chi connectivity index (χ1) is 17.6. The van der Waals surface area contributed by atoms with Crippen LogP contribution in [0.4, 0.5) is 0 Å². The van der Waals surface area contributed by atoms with Crippen LogP contribution in [0, 0.1) is 24.2 Å². The topological polar surface area (TPSA) is 71.9 Å². The van der Waals surface area contributed by atoms with Gasteiger partial charge in [-0.05, 0) is 117 Å². The van der Waals surface area contributed by atoms with Crippen LogP contribution < -0.4 is 5.32 Å². The smallest absolute Gasteiger partial charge is 0.244 e. The molecule has 5 rings (SSSR count). The van der Waals surface area contributed by atoms with Crippen molar-refractivity contribution in [2.24, 2.45) is 5.92 Å². The number of benzene rings is 2. The highest BCUT2D eigenvalue weighted by molar-refractivity contribution is 5.92. The van der Waals surface area contributed by atoms with E-state index in [0.29, 0.717) is 0 Å². The normalized spacial score (nSPS) is 20.1. The van der Waals surface area contributed by atoms with Gasteiger partial charge in [0.15, 0.2) is 0 Å². The molecule has 2 aromatic carbocycles. The van der Waals surface area contributed by atoms with Gasteiger partial charge in [0.1, 0.15) is 0 Å². The Bertz CT molecular complexity index is 1300. The molecule has 1 aliphatic heterocycles. The molecular formula is C31H37ClN4O. The van der Waals surface area contributed by atoms with Crippen LogP contribution in [-0.2, 0) is 17.6 Å². The molecule has 1 fully saturated rings. The molecule has 0 spiro atoms. The summed E-state index contributed by atoms with van der Waals surface area (Å²) in [5.74, 6) is 0.755. The van der Waals surface area contributed by atoms with Crippen molar-refractivity contribution in [3.05, 3.63) is 76.5 Å². The van der Waals surface area contributed by atoms with Gasteiger partial charge in [-0.3, -0.25) is 4.79 Å². The van der Waals surface area contributed by atoms with E-state index in [1.54, 1.807) is 6.08 Å². The van der Waals surface area contributed by atoms with Crippen molar-refractivity contribution < 1.29 is 4.79 Å². The van der Waals surface area contributed by atoms with Crippen molar-refractivity contribution in [3.8, 4) is 6.07 Å². The quantitative estimate of drug-likeness (QED) is 0.398. The third-order valence-electron chi connectivity index (χ3n) is 7.99. The number of nitriles is 1. The van der Waals surface area contributed by atoms with Gasteiger partial charge in [0.2, 0.25) is 5.91 Å². The molecule has 5 nitrogen and oxygen atoms in total. The maximum atomic E-state index is 12.5. The molecule has 0 unspecified atom stereocenters. The number of halogens is 1. The number of carbonyl (C=O) groups is 1. The predicted molar refractivity (Wildman–Crippen MR) is 153 cm³/mol. The number of fused-ring (bicyclic) bond motifs is 2. The zero-order valence-corrected chi connectivity index (χ0v) is 22.4. The summed E-state index contributed by atoms with van der Waals surface area (Å²) in [6.45, 7) is 5.38. The summed E-state index contributed by atoms with van der Waals surface area (Å²) < 4.78 is 0. The first-order valence-electron chi connectivity index (χ1n) is 13.4. The maximum absolute atomic E-state index is 12.5. The molecular weight excluding hydrogens is 480 g/mol. The summed E-state index contributed by atoms with van der Waals surface area (Å²) in [4.78, 5) is 18.4. The van der Waals surface area contributed by atoms with Crippen molar-refractivity contribution in [1.82, 2.24) is 15.2 Å². The number of aromatic nitrogens is 1. The van der Waals surface area contributed by atoms with E-state index in [2.05, 4.69) is 64.6 Å². The molecule has 194 valence electrons. The Kier molecular flexibility index (Phi) is 9.08. The zero-order chi connectivity index (χ0) is 24.9. The number of nitrogens with zero attached hydrogens (tertiary/aromatic N) is 2. The third-order valence-corrected chi connectivity index (χ3v) is 7.99. The fourth-order valence-corrected chi connectivity index (χ4v) is 5.84. The molecule has 1 aromatic heterocycles. The number of aryl methyl sites for hydroxylation is 1.